The number of benzene rings is 1. The van der Waals surface area contributed by atoms with Crippen molar-refractivity contribution in [2.45, 2.75) is 37.1 Å². The third-order valence-electron chi connectivity index (χ3n) is 3.35. The lowest BCUT2D eigenvalue weighted by atomic mass is 10.2. The number of nitrogens with two attached hydrogens (primary N) is 1. The Hall–Kier alpha value is -0.620. The molecule has 1 aromatic rings. The number of hydrogen-bond donors (Lipinski definition) is 2. The number of sulfonamides is 1. The van der Waals surface area contributed by atoms with Gasteiger partial charge in [0.25, 0.3) is 0 Å². The van der Waals surface area contributed by atoms with Crippen LogP contribution < -0.4 is 10.5 Å². The first kappa shape index (κ1) is 16.4. The fraction of sp³-hybridized carbons (Fsp3) is 0.538. The van der Waals surface area contributed by atoms with E-state index in [0.29, 0.717) is 17.4 Å². The average molecular weight is 305 g/mol. The van der Waals surface area contributed by atoms with Gasteiger partial charge >= 0.3 is 0 Å². The first-order chi connectivity index (χ1) is 8.53. The maximum atomic E-state index is 12.1. The van der Waals surface area contributed by atoms with Gasteiger partial charge in [-0.25, -0.2) is 13.1 Å². The predicted octanol–water partition coefficient (Wildman–Crippen LogP) is 1.69. The molecule has 0 radical (unpaired) electrons. The van der Waals surface area contributed by atoms with Crippen molar-refractivity contribution >= 4 is 22.4 Å². The SMILES string of the molecule is CCc1cccc(S(=O)(=O)NCC(N)C2CC2)c1.Cl. The van der Waals surface area contributed by atoms with Gasteiger partial charge in [-0.3, -0.25) is 0 Å². The molecular weight excluding hydrogens is 284 g/mol. The Kier molecular flexibility index (Phi) is 5.80. The van der Waals surface area contributed by atoms with E-state index in [1.165, 1.54) is 0 Å². The van der Waals surface area contributed by atoms with Crippen molar-refractivity contribution in [1.29, 1.82) is 0 Å². The molecule has 1 saturated carbocycles. The minimum absolute atomic E-state index is 0. The van der Waals surface area contributed by atoms with E-state index in [2.05, 4.69) is 4.72 Å². The Labute approximate surface area is 121 Å². The summed E-state index contributed by atoms with van der Waals surface area (Å²) in [5.74, 6) is 0.495. The maximum absolute atomic E-state index is 12.1. The zero-order chi connectivity index (χ0) is 13.2. The van der Waals surface area contributed by atoms with Gasteiger partial charge in [0.05, 0.1) is 4.90 Å². The van der Waals surface area contributed by atoms with Crippen LogP contribution in [-0.2, 0) is 16.4 Å². The Bertz CT molecular complexity index is 515. The third-order valence-corrected chi connectivity index (χ3v) is 4.77. The summed E-state index contributed by atoms with van der Waals surface area (Å²) in [5, 5.41) is 0. The molecule has 0 spiro atoms. The lowest BCUT2D eigenvalue weighted by Crippen LogP contribution is -2.38. The van der Waals surface area contributed by atoms with Crippen LogP contribution in [-0.4, -0.2) is 21.0 Å². The molecule has 1 unspecified atom stereocenters. The first-order valence-corrected chi connectivity index (χ1v) is 7.85. The van der Waals surface area contributed by atoms with Crippen LogP contribution in [0.2, 0.25) is 0 Å². The molecule has 0 aromatic heterocycles. The van der Waals surface area contributed by atoms with Crippen LogP contribution in [0.1, 0.15) is 25.3 Å². The molecule has 0 aliphatic heterocycles. The van der Waals surface area contributed by atoms with Crippen LogP contribution in [0.15, 0.2) is 29.2 Å². The van der Waals surface area contributed by atoms with E-state index < -0.39 is 10.0 Å². The summed E-state index contributed by atoms with van der Waals surface area (Å²) in [6.45, 7) is 2.32. The van der Waals surface area contributed by atoms with Crippen molar-refractivity contribution in [3.05, 3.63) is 29.8 Å². The summed E-state index contributed by atoms with van der Waals surface area (Å²) in [6, 6.07) is 6.97. The summed E-state index contributed by atoms with van der Waals surface area (Å²) in [5.41, 5.74) is 6.91. The van der Waals surface area contributed by atoms with Gasteiger partial charge in [0, 0.05) is 12.6 Å². The summed E-state index contributed by atoms with van der Waals surface area (Å²) in [7, 11) is -3.42. The molecule has 1 fully saturated rings. The van der Waals surface area contributed by atoms with E-state index in [-0.39, 0.29) is 18.4 Å². The van der Waals surface area contributed by atoms with Crippen molar-refractivity contribution in [2.24, 2.45) is 11.7 Å². The van der Waals surface area contributed by atoms with Gasteiger partial charge in [0.1, 0.15) is 0 Å². The van der Waals surface area contributed by atoms with Gasteiger partial charge in [-0.2, -0.15) is 0 Å². The Morgan fingerprint density at radius 2 is 2.11 bits per heavy atom. The smallest absolute Gasteiger partial charge is 0.240 e. The highest BCUT2D eigenvalue weighted by molar-refractivity contribution is 7.89. The number of halogens is 1. The van der Waals surface area contributed by atoms with Crippen molar-refractivity contribution in [3.63, 3.8) is 0 Å². The highest BCUT2D eigenvalue weighted by Crippen LogP contribution is 2.31. The average Bonchev–Trinajstić information content (AvgIpc) is 3.20. The topological polar surface area (TPSA) is 72.2 Å². The molecule has 0 bridgehead atoms. The second-order valence-electron chi connectivity index (χ2n) is 4.85. The lowest BCUT2D eigenvalue weighted by Gasteiger charge is -2.12. The van der Waals surface area contributed by atoms with Crippen LogP contribution in [0.3, 0.4) is 0 Å². The molecular formula is C13H21ClN2O2S. The second kappa shape index (κ2) is 6.70. The zero-order valence-corrected chi connectivity index (χ0v) is 12.6. The minimum atomic E-state index is -3.42. The fourth-order valence-electron chi connectivity index (χ4n) is 1.91. The van der Waals surface area contributed by atoms with Gasteiger partial charge < -0.3 is 5.73 Å². The molecule has 6 heteroatoms. The number of rotatable bonds is 6. The Morgan fingerprint density at radius 3 is 2.68 bits per heavy atom. The van der Waals surface area contributed by atoms with Crippen molar-refractivity contribution in [2.75, 3.05) is 6.54 Å². The molecule has 3 N–H and O–H groups in total. The second-order valence-corrected chi connectivity index (χ2v) is 6.62. The minimum Gasteiger partial charge on any atom is -0.326 e. The molecule has 1 aliphatic carbocycles. The van der Waals surface area contributed by atoms with E-state index >= 15 is 0 Å². The highest BCUT2D eigenvalue weighted by atomic mass is 35.5. The molecule has 1 aliphatic rings. The number of nitrogens with one attached hydrogen (secondary N) is 1. The Balaban J connectivity index is 0.00000180. The first-order valence-electron chi connectivity index (χ1n) is 6.37. The predicted molar refractivity (Wildman–Crippen MR) is 79.0 cm³/mol. The fourth-order valence-corrected chi connectivity index (χ4v) is 3.06. The van der Waals surface area contributed by atoms with Crippen LogP contribution in [0.25, 0.3) is 0 Å². The number of hydrogen-bond acceptors (Lipinski definition) is 3. The molecule has 0 saturated heterocycles. The molecule has 19 heavy (non-hydrogen) atoms. The maximum Gasteiger partial charge on any atom is 0.240 e. The molecule has 2 rings (SSSR count). The normalized spacial score (nSPS) is 16.7. The summed E-state index contributed by atoms with van der Waals surface area (Å²) >= 11 is 0. The van der Waals surface area contributed by atoms with Gasteiger partial charge in [-0.1, -0.05) is 19.1 Å². The van der Waals surface area contributed by atoms with Gasteiger partial charge in [-0.05, 0) is 42.9 Å². The van der Waals surface area contributed by atoms with Crippen LogP contribution in [0.5, 0.6) is 0 Å². The molecule has 1 atom stereocenters. The van der Waals surface area contributed by atoms with Gasteiger partial charge in [0.15, 0.2) is 0 Å². The van der Waals surface area contributed by atoms with Crippen LogP contribution in [0.4, 0.5) is 0 Å². The van der Waals surface area contributed by atoms with Gasteiger partial charge in [-0.15, -0.1) is 12.4 Å². The summed E-state index contributed by atoms with van der Waals surface area (Å²) in [6.07, 6.45) is 3.06. The molecule has 0 heterocycles. The van der Waals surface area contributed by atoms with Crippen molar-refractivity contribution in [1.82, 2.24) is 4.72 Å². The van der Waals surface area contributed by atoms with Gasteiger partial charge in [0.2, 0.25) is 10.0 Å². The molecule has 108 valence electrons. The number of aryl methyl sites for hydroxylation is 1. The van der Waals surface area contributed by atoms with E-state index in [1.807, 2.05) is 13.0 Å². The zero-order valence-electron chi connectivity index (χ0n) is 11.0. The van der Waals surface area contributed by atoms with Crippen LogP contribution >= 0.6 is 12.4 Å². The molecule has 4 nitrogen and oxygen atoms in total. The largest absolute Gasteiger partial charge is 0.326 e. The molecule has 1 aromatic carbocycles. The van der Waals surface area contributed by atoms with E-state index in [0.717, 1.165) is 24.8 Å². The quantitative estimate of drug-likeness (QED) is 0.840. The van der Waals surface area contributed by atoms with E-state index in [4.69, 9.17) is 5.73 Å². The molecule has 0 amide bonds. The summed E-state index contributed by atoms with van der Waals surface area (Å²) < 4.78 is 26.8. The standard InChI is InChI=1S/C13H20N2O2S.ClH/c1-2-10-4-3-5-12(8-10)18(16,17)15-9-13(14)11-6-7-11;/h3-5,8,11,13,15H,2,6-7,9,14H2,1H3;1H. The Morgan fingerprint density at radius 1 is 1.42 bits per heavy atom. The monoisotopic (exact) mass is 304 g/mol. The third kappa shape index (κ3) is 4.45. The van der Waals surface area contributed by atoms with Crippen molar-refractivity contribution in [3.8, 4) is 0 Å². The van der Waals surface area contributed by atoms with E-state index in [1.54, 1.807) is 18.2 Å². The lowest BCUT2D eigenvalue weighted by molar-refractivity contribution is 0.547. The summed E-state index contributed by atoms with van der Waals surface area (Å²) in [4.78, 5) is 0.324. The highest BCUT2D eigenvalue weighted by Gasteiger charge is 2.29. The van der Waals surface area contributed by atoms with Crippen molar-refractivity contribution < 1.29 is 8.42 Å². The van der Waals surface area contributed by atoms with E-state index in [9.17, 15) is 8.42 Å². The van der Waals surface area contributed by atoms with Crippen LogP contribution in [0, 0.1) is 5.92 Å².